The van der Waals surface area contributed by atoms with Gasteiger partial charge in [-0.2, -0.15) is 30.0 Å². The maximum absolute atomic E-state index is 11.3. The van der Waals surface area contributed by atoms with Crippen LogP contribution >= 0.6 is 0 Å². The van der Waals surface area contributed by atoms with E-state index in [0.717, 1.165) is 7.11 Å². The number of aliphatic carboxylic acids is 1. The summed E-state index contributed by atoms with van der Waals surface area (Å²) in [7, 11) is -14.6. The molecule has 1 fully saturated rings. The molecule has 8 atom stereocenters. The third-order valence-electron chi connectivity index (χ3n) is 4.48. The Labute approximate surface area is 203 Å². The summed E-state index contributed by atoms with van der Waals surface area (Å²) in [6.45, 7) is -1.17. The Balaban J connectivity index is 2.48. The van der Waals surface area contributed by atoms with Crippen molar-refractivity contribution < 1.29 is 86.3 Å². The van der Waals surface area contributed by atoms with Gasteiger partial charge in [0.05, 0.1) is 6.61 Å². The van der Waals surface area contributed by atoms with Gasteiger partial charge < -0.3 is 34.3 Å². The molecule has 0 aromatic rings. The van der Waals surface area contributed by atoms with E-state index in [1.807, 2.05) is 0 Å². The van der Waals surface area contributed by atoms with Crippen molar-refractivity contribution in [1.29, 1.82) is 0 Å². The highest BCUT2D eigenvalue weighted by atomic mass is 32.3. The molecule has 2 rings (SSSR count). The van der Waals surface area contributed by atoms with Gasteiger partial charge in [0.25, 0.3) is 0 Å². The number of nitrogens with one attached hydrogen (secondary N) is 1. The largest absolute Gasteiger partial charge is 0.475 e. The topological polar surface area (TPSA) is 308 Å². The second kappa shape index (κ2) is 11.4. The van der Waals surface area contributed by atoms with Gasteiger partial charge in [-0.3, -0.25) is 13.7 Å². The van der Waals surface area contributed by atoms with Crippen molar-refractivity contribution in [2.24, 2.45) is 0 Å². The lowest BCUT2D eigenvalue weighted by Crippen LogP contribution is -2.66. The van der Waals surface area contributed by atoms with Gasteiger partial charge in [-0.25, -0.2) is 13.2 Å². The van der Waals surface area contributed by atoms with Crippen LogP contribution in [0.15, 0.2) is 11.8 Å². The predicted octanol–water partition coefficient (Wildman–Crippen LogP) is -4.44. The van der Waals surface area contributed by atoms with Crippen LogP contribution in [0.5, 0.6) is 0 Å². The molecule has 23 heteroatoms. The minimum absolute atomic E-state index is 0.467. The van der Waals surface area contributed by atoms with Crippen LogP contribution in [0.3, 0.4) is 0 Å². The number of hydrogen-bond acceptors (Lipinski definition) is 15. The first-order valence-electron chi connectivity index (χ1n) is 9.15. The number of carboxylic acid groups (broad SMARTS) is 1. The fourth-order valence-electron chi connectivity index (χ4n) is 3.14. The average Bonchev–Trinajstić information content (AvgIpc) is 2.69. The van der Waals surface area contributed by atoms with Crippen LogP contribution in [0, 0.1) is 0 Å². The Morgan fingerprint density at radius 1 is 1.03 bits per heavy atom. The lowest BCUT2D eigenvalue weighted by molar-refractivity contribution is -0.307. The first-order valence-corrected chi connectivity index (χ1v) is 13.3. The smallest absolute Gasteiger partial charge is 0.397 e. The van der Waals surface area contributed by atoms with E-state index in [9.17, 15) is 40.3 Å². The quantitative estimate of drug-likeness (QED) is 0.111. The molecule has 0 aromatic heterocycles. The number of carbonyl (C=O) groups is 1. The predicted molar refractivity (Wildman–Crippen MR) is 106 cm³/mol. The second-order valence-electron chi connectivity index (χ2n) is 7.00. The van der Waals surface area contributed by atoms with Gasteiger partial charge in [0, 0.05) is 7.11 Å². The van der Waals surface area contributed by atoms with Crippen molar-refractivity contribution in [3.63, 3.8) is 0 Å². The monoisotopic (exact) mass is 591 g/mol. The maximum Gasteiger partial charge on any atom is 0.397 e. The zero-order valence-corrected chi connectivity index (χ0v) is 20.1. The summed E-state index contributed by atoms with van der Waals surface area (Å²) in [5.74, 6) is -2.83. The molecule has 210 valence electrons. The Morgan fingerprint density at radius 3 is 2.11 bits per heavy atom. The average molecular weight is 592 g/mol. The molecule has 20 nitrogen and oxygen atoms in total. The Morgan fingerprint density at radius 2 is 1.64 bits per heavy atom. The minimum Gasteiger partial charge on any atom is -0.475 e. The zero-order valence-electron chi connectivity index (χ0n) is 17.6. The summed E-state index contributed by atoms with van der Waals surface area (Å²) < 4.78 is 124. The molecule has 36 heavy (non-hydrogen) atoms. The number of aliphatic hydroxyl groups excluding tert-OH is 2. The van der Waals surface area contributed by atoms with Crippen molar-refractivity contribution in [3.8, 4) is 0 Å². The van der Waals surface area contributed by atoms with E-state index in [-0.39, 0.29) is 0 Å². The molecule has 0 bridgehead atoms. The highest BCUT2D eigenvalue weighted by Crippen LogP contribution is 2.30. The summed E-state index contributed by atoms with van der Waals surface area (Å²) in [4.78, 5) is 11.3. The number of ether oxygens (including phenoxy) is 4. The van der Waals surface area contributed by atoms with Crippen LogP contribution in [-0.4, -0.2) is 123 Å². The van der Waals surface area contributed by atoms with Crippen LogP contribution in [0.4, 0.5) is 0 Å². The molecule has 0 aromatic carbocycles. The second-order valence-corrected chi connectivity index (χ2v) is 10.3. The molecule has 0 aliphatic carbocycles. The van der Waals surface area contributed by atoms with Gasteiger partial charge in [-0.1, -0.05) is 0 Å². The zero-order chi connectivity index (χ0) is 27.6. The van der Waals surface area contributed by atoms with Crippen LogP contribution in [0.1, 0.15) is 0 Å². The SMILES string of the molecule is CO[C@H]1OC(COS(=O)(=O)O)[C@@H](O[C@@H]2OC(C(=O)O)=C[C@H](O)C2OS(=O)(=O)O)[C@H](O)C1NS(=O)(=O)O. The van der Waals surface area contributed by atoms with Crippen LogP contribution < -0.4 is 4.72 Å². The van der Waals surface area contributed by atoms with E-state index >= 15 is 0 Å². The van der Waals surface area contributed by atoms with Gasteiger partial charge in [-0.15, -0.1) is 0 Å². The Kier molecular flexibility index (Phi) is 9.73. The number of methoxy groups -OCH3 is 1. The molecule has 2 aliphatic heterocycles. The van der Waals surface area contributed by atoms with E-state index in [1.165, 1.54) is 4.72 Å². The van der Waals surface area contributed by atoms with Crippen molar-refractivity contribution in [2.45, 2.75) is 49.1 Å². The normalized spacial score (nSPS) is 34.0. The number of hydrogen-bond donors (Lipinski definition) is 7. The molecule has 0 spiro atoms. The molecular weight excluding hydrogens is 570 g/mol. The summed E-state index contributed by atoms with van der Waals surface area (Å²) in [6.07, 6.45) is -14.1. The van der Waals surface area contributed by atoms with Gasteiger partial charge in [0.15, 0.2) is 12.4 Å². The van der Waals surface area contributed by atoms with E-state index in [2.05, 4.69) is 8.37 Å². The van der Waals surface area contributed by atoms with Gasteiger partial charge >= 0.3 is 37.1 Å². The first-order chi connectivity index (χ1) is 16.3. The van der Waals surface area contributed by atoms with E-state index in [1.54, 1.807) is 0 Å². The van der Waals surface area contributed by atoms with Crippen molar-refractivity contribution >= 4 is 37.1 Å². The minimum atomic E-state index is -5.34. The van der Waals surface area contributed by atoms with Gasteiger partial charge in [-0.05, 0) is 6.08 Å². The summed E-state index contributed by atoms with van der Waals surface area (Å²) >= 11 is 0. The Bertz CT molecular complexity index is 1150. The van der Waals surface area contributed by atoms with Crippen molar-refractivity contribution in [1.82, 2.24) is 4.72 Å². The lowest BCUT2D eigenvalue weighted by atomic mass is 9.97. The molecule has 7 N–H and O–H groups in total. The standard InChI is InChI=1S/C13H21NO19S3/c1-28-12-7(14-34(19,20)21)8(16)10(6(31-12)3-29-35(22,23)24)32-13-9(33-36(25,26)27)4(15)2-5(30-13)11(17)18/h2,4,6-10,12-16H,3H2,1H3,(H,17,18)(H,19,20,21)(H,22,23,24)(H,25,26,27)/t4-,6?,7?,8+,9?,10+,12-,13-/m0/s1. The molecular formula is C13H21NO19S3. The van der Waals surface area contributed by atoms with E-state index < -0.39 is 98.6 Å². The van der Waals surface area contributed by atoms with Crippen LogP contribution in [0.2, 0.25) is 0 Å². The molecule has 2 heterocycles. The maximum atomic E-state index is 11.3. The highest BCUT2D eigenvalue weighted by molar-refractivity contribution is 7.83. The molecule has 3 unspecified atom stereocenters. The summed E-state index contributed by atoms with van der Waals surface area (Å²) in [5, 5.41) is 30.0. The van der Waals surface area contributed by atoms with Crippen molar-refractivity contribution in [3.05, 3.63) is 11.8 Å². The molecule has 0 saturated carbocycles. The van der Waals surface area contributed by atoms with Gasteiger partial charge in [0.2, 0.25) is 12.0 Å². The number of carboxylic acids is 1. The fraction of sp³-hybridized carbons (Fsp3) is 0.769. The van der Waals surface area contributed by atoms with Crippen LogP contribution in [-0.2, 0) is 63.2 Å². The Hall–Kier alpha value is -1.58. The summed E-state index contributed by atoms with van der Waals surface area (Å²) in [6, 6.07) is -1.92. The third-order valence-corrected chi connectivity index (χ3v) is 5.95. The molecule has 0 radical (unpaired) electrons. The first kappa shape index (κ1) is 30.6. The van der Waals surface area contributed by atoms with E-state index in [0.29, 0.717) is 6.08 Å². The van der Waals surface area contributed by atoms with E-state index in [4.69, 9.17) is 37.7 Å². The van der Waals surface area contributed by atoms with Crippen LogP contribution in [0.25, 0.3) is 0 Å². The van der Waals surface area contributed by atoms with Gasteiger partial charge in [0.1, 0.15) is 30.5 Å². The highest BCUT2D eigenvalue weighted by Gasteiger charge is 2.51. The number of aliphatic hydroxyl groups is 2. The molecule has 2 aliphatic rings. The fourth-order valence-corrected chi connectivity index (χ4v) is 4.53. The third kappa shape index (κ3) is 8.77. The lowest BCUT2D eigenvalue weighted by Gasteiger charge is -2.45. The molecule has 1 saturated heterocycles. The molecule has 0 amide bonds. The summed E-state index contributed by atoms with van der Waals surface area (Å²) in [5.41, 5.74) is 0. The number of rotatable bonds is 11. The van der Waals surface area contributed by atoms with Crippen molar-refractivity contribution in [2.75, 3.05) is 13.7 Å².